The van der Waals surface area contributed by atoms with Gasteiger partial charge in [-0.3, -0.25) is 0 Å². The lowest BCUT2D eigenvalue weighted by atomic mass is 9.73. The van der Waals surface area contributed by atoms with E-state index in [4.69, 9.17) is 4.74 Å². The summed E-state index contributed by atoms with van der Waals surface area (Å²) in [6, 6.07) is 0.848. The number of nitrogens with one attached hydrogen (secondary N) is 1. The van der Waals surface area contributed by atoms with E-state index in [0.29, 0.717) is 5.41 Å². The Labute approximate surface area is 130 Å². The quantitative estimate of drug-likeness (QED) is 0.781. The number of rotatable bonds is 7. The van der Waals surface area contributed by atoms with Gasteiger partial charge in [0.1, 0.15) is 0 Å². The molecule has 3 fully saturated rings. The molecular weight excluding hydrogens is 260 g/mol. The van der Waals surface area contributed by atoms with Crippen LogP contribution in [0.15, 0.2) is 0 Å². The van der Waals surface area contributed by atoms with Crippen LogP contribution in [0.1, 0.15) is 57.8 Å². The highest BCUT2D eigenvalue weighted by Crippen LogP contribution is 2.37. The van der Waals surface area contributed by atoms with Crippen LogP contribution in [0.2, 0.25) is 0 Å². The molecule has 1 aliphatic heterocycles. The summed E-state index contributed by atoms with van der Waals surface area (Å²) >= 11 is 0. The van der Waals surface area contributed by atoms with Gasteiger partial charge >= 0.3 is 0 Å². The van der Waals surface area contributed by atoms with Crippen LogP contribution in [0.5, 0.6) is 0 Å². The predicted molar refractivity (Wildman–Crippen MR) is 87.6 cm³/mol. The van der Waals surface area contributed by atoms with Gasteiger partial charge < -0.3 is 15.0 Å². The van der Waals surface area contributed by atoms with Gasteiger partial charge in [0.05, 0.1) is 6.61 Å². The number of hydrogen-bond acceptors (Lipinski definition) is 3. The van der Waals surface area contributed by atoms with Gasteiger partial charge in [-0.1, -0.05) is 19.3 Å². The first kappa shape index (κ1) is 15.8. The Balaban J connectivity index is 1.49. The molecule has 21 heavy (non-hydrogen) atoms. The topological polar surface area (TPSA) is 24.5 Å². The Morgan fingerprint density at radius 1 is 1.10 bits per heavy atom. The average molecular weight is 294 g/mol. The maximum absolute atomic E-state index is 5.65. The third-order valence-corrected chi connectivity index (χ3v) is 5.69. The number of hydrogen-bond donors (Lipinski definition) is 1. The monoisotopic (exact) mass is 294 g/mol. The van der Waals surface area contributed by atoms with Gasteiger partial charge in [0.25, 0.3) is 0 Å². The van der Waals surface area contributed by atoms with E-state index < -0.39 is 0 Å². The highest BCUT2D eigenvalue weighted by atomic mass is 16.5. The fourth-order valence-corrected chi connectivity index (χ4v) is 4.37. The van der Waals surface area contributed by atoms with Crippen molar-refractivity contribution < 1.29 is 4.74 Å². The molecule has 1 saturated heterocycles. The molecule has 1 heterocycles. The Morgan fingerprint density at radius 3 is 2.57 bits per heavy atom. The lowest BCUT2D eigenvalue weighted by molar-refractivity contribution is 0.0312. The number of nitrogens with zero attached hydrogens (tertiary/aromatic N) is 1. The SMILES string of the molecule is CN(CC1CCCOC1)CC1(CNC2CC2)CCCCC1. The molecule has 0 spiro atoms. The van der Waals surface area contributed by atoms with Crippen molar-refractivity contribution in [3.8, 4) is 0 Å². The first-order valence-corrected chi connectivity index (χ1v) is 9.25. The number of ether oxygens (including phenoxy) is 1. The minimum Gasteiger partial charge on any atom is -0.381 e. The largest absolute Gasteiger partial charge is 0.381 e. The molecule has 0 radical (unpaired) electrons. The van der Waals surface area contributed by atoms with Crippen LogP contribution in [-0.4, -0.2) is 50.8 Å². The zero-order valence-corrected chi connectivity index (χ0v) is 13.9. The van der Waals surface area contributed by atoms with Crippen molar-refractivity contribution in [2.75, 3.05) is 39.9 Å². The average Bonchev–Trinajstić information content (AvgIpc) is 3.31. The fourth-order valence-electron chi connectivity index (χ4n) is 4.37. The maximum Gasteiger partial charge on any atom is 0.0506 e. The summed E-state index contributed by atoms with van der Waals surface area (Å²) in [6.45, 7) is 5.73. The van der Waals surface area contributed by atoms with E-state index in [0.717, 1.165) is 25.2 Å². The van der Waals surface area contributed by atoms with Gasteiger partial charge in [0.2, 0.25) is 0 Å². The van der Waals surface area contributed by atoms with Crippen LogP contribution >= 0.6 is 0 Å². The van der Waals surface area contributed by atoms with Crippen LogP contribution in [0.3, 0.4) is 0 Å². The van der Waals surface area contributed by atoms with Crippen LogP contribution in [-0.2, 0) is 4.74 Å². The van der Waals surface area contributed by atoms with Gasteiger partial charge in [0, 0.05) is 32.3 Å². The molecule has 0 amide bonds. The first-order chi connectivity index (χ1) is 10.3. The van der Waals surface area contributed by atoms with Crippen molar-refractivity contribution in [3.63, 3.8) is 0 Å². The second-order valence-electron chi connectivity index (χ2n) is 8.00. The van der Waals surface area contributed by atoms with Gasteiger partial charge in [0.15, 0.2) is 0 Å². The van der Waals surface area contributed by atoms with E-state index in [-0.39, 0.29) is 0 Å². The normalized spacial score (nSPS) is 29.7. The van der Waals surface area contributed by atoms with E-state index >= 15 is 0 Å². The van der Waals surface area contributed by atoms with Crippen LogP contribution in [0.4, 0.5) is 0 Å². The Hall–Kier alpha value is -0.120. The van der Waals surface area contributed by atoms with Crippen molar-refractivity contribution in [1.82, 2.24) is 10.2 Å². The second kappa shape index (κ2) is 7.43. The molecule has 2 aliphatic carbocycles. The second-order valence-corrected chi connectivity index (χ2v) is 8.00. The predicted octanol–water partition coefficient (Wildman–Crippen LogP) is 3.05. The molecule has 1 atom stereocenters. The van der Waals surface area contributed by atoms with Gasteiger partial charge in [-0.25, -0.2) is 0 Å². The van der Waals surface area contributed by atoms with Gasteiger partial charge in [-0.15, -0.1) is 0 Å². The Kier molecular flexibility index (Phi) is 5.58. The molecule has 0 bridgehead atoms. The first-order valence-electron chi connectivity index (χ1n) is 9.25. The highest BCUT2D eigenvalue weighted by molar-refractivity contribution is 4.91. The summed E-state index contributed by atoms with van der Waals surface area (Å²) in [7, 11) is 2.34. The Bertz CT molecular complexity index is 304. The molecule has 122 valence electrons. The third-order valence-electron chi connectivity index (χ3n) is 5.69. The van der Waals surface area contributed by atoms with E-state index in [1.807, 2.05) is 0 Å². The van der Waals surface area contributed by atoms with Crippen molar-refractivity contribution in [2.24, 2.45) is 11.3 Å². The lowest BCUT2D eigenvalue weighted by Gasteiger charge is -2.41. The van der Waals surface area contributed by atoms with E-state index in [1.165, 1.54) is 77.4 Å². The van der Waals surface area contributed by atoms with Crippen molar-refractivity contribution >= 4 is 0 Å². The molecule has 0 aromatic carbocycles. The zero-order valence-electron chi connectivity index (χ0n) is 13.9. The lowest BCUT2D eigenvalue weighted by Crippen LogP contribution is -2.46. The molecule has 3 heteroatoms. The van der Waals surface area contributed by atoms with Crippen LogP contribution in [0.25, 0.3) is 0 Å². The smallest absolute Gasteiger partial charge is 0.0506 e. The minimum atomic E-state index is 0.547. The maximum atomic E-state index is 5.65. The third kappa shape index (κ3) is 4.94. The molecule has 2 saturated carbocycles. The summed E-state index contributed by atoms with van der Waals surface area (Å²) in [5.41, 5.74) is 0.547. The van der Waals surface area contributed by atoms with Crippen LogP contribution < -0.4 is 5.32 Å². The Morgan fingerprint density at radius 2 is 1.90 bits per heavy atom. The van der Waals surface area contributed by atoms with E-state index in [1.54, 1.807) is 0 Å². The van der Waals surface area contributed by atoms with E-state index in [9.17, 15) is 0 Å². The minimum absolute atomic E-state index is 0.547. The zero-order chi connectivity index (χ0) is 14.5. The van der Waals surface area contributed by atoms with Crippen LogP contribution in [0, 0.1) is 11.3 Å². The molecular formula is C18H34N2O. The molecule has 0 aromatic heterocycles. The van der Waals surface area contributed by atoms with Gasteiger partial charge in [-0.2, -0.15) is 0 Å². The fraction of sp³-hybridized carbons (Fsp3) is 1.00. The molecule has 3 aliphatic rings. The molecule has 1 unspecified atom stereocenters. The molecule has 3 nitrogen and oxygen atoms in total. The highest BCUT2D eigenvalue weighted by Gasteiger charge is 2.35. The van der Waals surface area contributed by atoms with Gasteiger partial charge in [-0.05, 0) is 56.9 Å². The molecule has 3 rings (SSSR count). The molecule has 0 aromatic rings. The summed E-state index contributed by atoms with van der Waals surface area (Å²) in [5, 5.41) is 3.82. The van der Waals surface area contributed by atoms with Crippen molar-refractivity contribution in [3.05, 3.63) is 0 Å². The van der Waals surface area contributed by atoms with E-state index in [2.05, 4.69) is 17.3 Å². The summed E-state index contributed by atoms with van der Waals surface area (Å²) in [5.74, 6) is 0.765. The molecule has 1 N–H and O–H groups in total. The standard InChI is InChI=1S/C18H34N2O/c1-20(12-16-6-5-11-21-13-16)15-18(9-3-2-4-10-18)14-19-17-7-8-17/h16-17,19H,2-15H2,1H3. The summed E-state index contributed by atoms with van der Waals surface area (Å²) in [6.07, 6.45) is 12.6. The summed E-state index contributed by atoms with van der Waals surface area (Å²) in [4.78, 5) is 2.61. The van der Waals surface area contributed by atoms with Crippen molar-refractivity contribution in [2.45, 2.75) is 63.8 Å². The van der Waals surface area contributed by atoms with Crippen molar-refractivity contribution in [1.29, 1.82) is 0 Å². The summed E-state index contributed by atoms with van der Waals surface area (Å²) < 4.78 is 5.65.